The number of hydrogen-bond acceptors (Lipinski definition) is 3. The molecule has 1 fully saturated rings. The second kappa shape index (κ2) is 6.73. The first kappa shape index (κ1) is 16.9. The summed E-state index contributed by atoms with van der Waals surface area (Å²) in [5, 5.41) is 0. The number of likely N-dealkylation sites (tertiary alicyclic amines) is 1. The van der Waals surface area contributed by atoms with Gasteiger partial charge in [-0.1, -0.05) is 12.1 Å². The summed E-state index contributed by atoms with van der Waals surface area (Å²) < 4.78 is 47.6. The maximum Gasteiger partial charge on any atom is 0.341 e. The van der Waals surface area contributed by atoms with Gasteiger partial charge in [0.25, 0.3) is 0 Å². The lowest BCUT2D eigenvalue weighted by Gasteiger charge is -2.33. The molecule has 1 amide bonds. The van der Waals surface area contributed by atoms with E-state index in [-0.39, 0.29) is 18.4 Å². The molecule has 1 heterocycles. The zero-order valence-corrected chi connectivity index (χ0v) is 13.2. The molecule has 1 aliphatic rings. The van der Waals surface area contributed by atoms with E-state index in [0.29, 0.717) is 5.56 Å². The third kappa shape index (κ3) is 3.63. The second-order valence-electron chi connectivity index (χ2n) is 5.56. The van der Waals surface area contributed by atoms with Crippen LogP contribution in [0.25, 0.3) is 0 Å². The van der Waals surface area contributed by atoms with Crippen molar-refractivity contribution < 1.29 is 22.0 Å². The third-order valence-electron chi connectivity index (χ3n) is 3.97. The molecule has 2 rings (SSSR count). The Hall–Kier alpha value is -1.50. The van der Waals surface area contributed by atoms with E-state index in [2.05, 4.69) is 0 Å². The summed E-state index contributed by atoms with van der Waals surface area (Å²) in [5.74, 6) is -3.45. The highest BCUT2D eigenvalue weighted by molar-refractivity contribution is 7.91. The predicted octanol–water partition coefficient (Wildman–Crippen LogP) is 2.63. The largest absolute Gasteiger partial charge is 0.341 e. The van der Waals surface area contributed by atoms with E-state index in [1.807, 2.05) is 11.8 Å². The Bertz CT molecular complexity index is 629. The molecule has 1 saturated heterocycles. The van der Waals surface area contributed by atoms with Crippen molar-refractivity contribution in [3.8, 4) is 0 Å². The van der Waals surface area contributed by atoms with Crippen molar-refractivity contribution in [1.29, 1.82) is 0 Å². The number of amides is 1. The van der Waals surface area contributed by atoms with Crippen LogP contribution < -0.4 is 0 Å². The number of piperidine rings is 1. The average Bonchev–Trinajstić information content (AvgIpc) is 2.48. The van der Waals surface area contributed by atoms with Crippen LogP contribution in [0.4, 0.5) is 8.78 Å². The Balaban J connectivity index is 2.07. The lowest BCUT2D eigenvalue weighted by molar-refractivity contribution is -0.133. The van der Waals surface area contributed by atoms with Crippen LogP contribution in [0.2, 0.25) is 0 Å². The van der Waals surface area contributed by atoms with Crippen LogP contribution in [0, 0.1) is 0 Å². The molecule has 0 bridgehead atoms. The number of carbonyl (C=O) groups is 1. The molecular weight excluding hydrogens is 312 g/mol. The third-order valence-corrected chi connectivity index (χ3v) is 5.36. The van der Waals surface area contributed by atoms with Crippen LogP contribution in [0.5, 0.6) is 0 Å². The molecule has 7 heteroatoms. The van der Waals surface area contributed by atoms with Crippen molar-refractivity contribution in [2.45, 2.75) is 49.3 Å². The molecule has 122 valence electrons. The van der Waals surface area contributed by atoms with Crippen LogP contribution in [0.15, 0.2) is 29.2 Å². The molecular formula is C15H19F2NO3S. The summed E-state index contributed by atoms with van der Waals surface area (Å²) in [6.45, 7) is 2.74. The van der Waals surface area contributed by atoms with Crippen molar-refractivity contribution >= 4 is 15.7 Å². The van der Waals surface area contributed by atoms with Crippen LogP contribution >= 0.6 is 0 Å². The number of carbonyl (C=O) groups excluding carboxylic acids is 1. The molecule has 0 N–H and O–H groups in total. The molecule has 1 aromatic carbocycles. The van der Waals surface area contributed by atoms with Gasteiger partial charge in [0.15, 0.2) is 0 Å². The highest BCUT2D eigenvalue weighted by atomic mass is 32.2. The maximum atomic E-state index is 12.4. The van der Waals surface area contributed by atoms with Gasteiger partial charge in [0, 0.05) is 12.6 Å². The minimum atomic E-state index is -4.58. The van der Waals surface area contributed by atoms with Crippen molar-refractivity contribution in [3.05, 3.63) is 29.8 Å². The number of alkyl halides is 2. The van der Waals surface area contributed by atoms with Crippen LogP contribution in [0.1, 0.15) is 31.7 Å². The number of nitrogens with zero attached hydrogens (tertiary/aromatic N) is 1. The minimum Gasteiger partial charge on any atom is -0.340 e. The molecule has 0 aliphatic carbocycles. The summed E-state index contributed by atoms with van der Waals surface area (Å²) in [7, 11) is -4.58. The Morgan fingerprint density at radius 3 is 2.45 bits per heavy atom. The standard InChI is InChI=1S/C15H19F2NO3S/c1-11-4-2-3-9-18(11)14(19)10-12-5-7-13(8-6-12)22(20,21)15(16)17/h5-8,11,15H,2-4,9-10H2,1H3/t11-/m0/s1. The van der Waals surface area contributed by atoms with Gasteiger partial charge in [-0.25, -0.2) is 8.42 Å². The van der Waals surface area contributed by atoms with E-state index >= 15 is 0 Å². The van der Waals surface area contributed by atoms with E-state index in [1.165, 1.54) is 12.1 Å². The lowest BCUT2D eigenvalue weighted by atomic mass is 10.0. The molecule has 0 radical (unpaired) electrons. The lowest BCUT2D eigenvalue weighted by Crippen LogP contribution is -2.42. The zero-order chi connectivity index (χ0) is 16.3. The minimum absolute atomic E-state index is 0.0170. The predicted molar refractivity (Wildman–Crippen MR) is 78.4 cm³/mol. The zero-order valence-electron chi connectivity index (χ0n) is 12.3. The summed E-state index contributed by atoms with van der Waals surface area (Å²) in [4.78, 5) is 13.7. The van der Waals surface area contributed by atoms with Crippen LogP contribution in [-0.2, 0) is 21.1 Å². The summed E-state index contributed by atoms with van der Waals surface area (Å²) in [6.07, 6.45) is 3.24. The van der Waals surface area contributed by atoms with Gasteiger partial charge in [-0.3, -0.25) is 4.79 Å². The molecule has 0 spiro atoms. The second-order valence-corrected chi connectivity index (χ2v) is 7.48. The molecule has 1 aromatic rings. The van der Waals surface area contributed by atoms with Crippen LogP contribution in [0.3, 0.4) is 0 Å². The van der Waals surface area contributed by atoms with E-state index in [1.54, 1.807) is 0 Å². The van der Waals surface area contributed by atoms with Crippen molar-refractivity contribution in [2.75, 3.05) is 6.54 Å². The number of benzene rings is 1. The maximum absolute atomic E-state index is 12.4. The molecule has 22 heavy (non-hydrogen) atoms. The quantitative estimate of drug-likeness (QED) is 0.852. The highest BCUT2D eigenvalue weighted by Gasteiger charge is 2.27. The van der Waals surface area contributed by atoms with Gasteiger partial charge in [0.05, 0.1) is 11.3 Å². The first-order valence-corrected chi connectivity index (χ1v) is 8.77. The Morgan fingerprint density at radius 2 is 1.91 bits per heavy atom. The molecule has 1 aliphatic heterocycles. The van der Waals surface area contributed by atoms with Gasteiger partial charge in [0.2, 0.25) is 15.7 Å². The van der Waals surface area contributed by atoms with Gasteiger partial charge >= 0.3 is 5.76 Å². The SMILES string of the molecule is C[C@H]1CCCCN1C(=O)Cc1ccc(S(=O)(=O)C(F)F)cc1. The average molecular weight is 331 g/mol. The molecule has 0 aromatic heterocycles. The van der Waals surface area contributed by atoms with E-state index < -0.39 is 20.5 Å². The van der Waals surface area contributed by atoms with Gasteiger partial charge in [-0.05, 0) is 43.9 Å². The molecule has 4 nitrogen and oxygen atoms in total. The normalized spacial score (nSPS) is 19.5. The smallest absolute Gasteiger partial charge is 0.340 e. The van der Waals surface area contributed by atoms with Gasteiger partial charge in [-0.15, -0.1) is 0 Å². The van der Waals surface area contributed by atoms with Gasteiger partial charge in [0.1, 0.15) is 0 Å². The molecule has 1 atom stereocenters. The van der Waals surface area contributed by atoms with E-state index in [0.717, 1.165) is 37.9 Å². The molecule has 0 unspecified atom stereocenters. The topological polar surface area (TPSA) is 54.5 Å². The highest BCUT2D eigenvalue weighted by Crippen LogP contribution is 2.20. The number of rotatable bonds is 4. The van der Waals surface area contributed by atoms with Crippen molar-refractivity contribution in [2.24, 2.45) is 0 Å². The number of sulfone groups is 1. The van der Waals surface area contributed by atoms with Crippen molar-refractivity contribution in [1.82, 2.24) is 4.90 Å². The fraction of sp³-hybridized carbons (Fsp3) is 0.533. The summed E-state index contributed by atoms with van der Waals surface area (Å²) in [5.41, 5.74) is 0.621. The van der Waals surface area contributed by atoms with Gasteiger partial charge < -0.3 is 4.90 Å². The number of hydrogen-bond donors (Lipinski definition) is 0. The first-order valence-electron chi connectivity index (χ1n) is 7.23. The van der Waals surface area contributed by atoms with E-state index in [9.17, 15) is 22.0 Å². The Morgan fingerprint density at radius 1 is 1.27 bits per heavy atom. The van der Waals surface area contributed by atoms with E-state index in [4.69, 9.17) is 0 Å². The molecule has 0 saturated carbocycles. The fourth-order valence-corrected chi connectivity index (χ4v) is 3.37. The summed E-state index contributed by atoms with van der Waals surface area (Å²) >= 11 is 0. The first-order chi connectivity index (χ1) is 10.3. The Labute approximate surface area is 129 Å². The summed E-state index contributed by atoms with van der Waals surface area (Å²) in [6, 6.07) is 5.30. The van der Waals surface area contributed by atoms with Gasteiger partial charge in [-0.2, -0.15) is 8.78 Å². The fourth-order valence-electron chi connectivity index (χ4n) is 2.64. The van der Waals surface area contributed by atoms with Crippen LogP contribution in [-0.4, -0.2) is 37.6 Å². The Kier molecular flexibility index (Phi) is 5.16. The monoisotopic (exact) mass is 331 g/mol. The van der Waals surface area contributed by atoms with Crippen molar-refractivity contribution in [3.63, 3.8) is 0 Å². The number of halogens is 2.